The van der Waals surface area contributed by atoms with Crippen molar-refractivity contribution in [1.29, 1.82) is 0 Å². The van der Waals surface area contributed by atoms with Crippen molar-refractivity contribution in [2.24, 2.45) is 11.0 Å². The van der Waals surface area contributed by atoms with E-state index in [4.69, 9.17) is 16.6 Å². The molecule has 2 aliphatic carbocycles. The van der Waals surface area contributed by atoms with Crippen LogP contribution in [0.5, 0.6) is 0 Å². The fourth-order valence-corrected chi connectivity index (χ4v) is 3.19. The van der Waals surface area contributed by atoms with Crippen molar-refractivity contribution < 1.29 is 4.42 Å². The summed E-state index contributed by atoms with van der Waals surface area (Å²) in [6.07, 6.45) is 9.25. The van der Waals surface area contributed by atoms with E-state index in [9.17, 15) is 0 Å². The maximum Gasteiger partial charge on any atom is 0.187 e. The highest BCUT2D eigenvalue weighted by molar-refractivity contribution is 7.80. The van der Waals surface area contributed by atoms with Crippen LogP contribution in [-0.4, -0.2) is 17.4 Å². The summed E-state index contributed by atoms with van der Waals surface area (Å²) in [6, 6.07) is 4.51. The quantitative estimate of drug-likeness (QED) is 0.507. The second kappa shape index (κ2) is 6.60. The molecule has 4 nitrogen and oxygen atoms in total. The van der Waals surface area contributed by atoms with E-state index in [0.29, 0.717) is 17.1 Å². The smallest absolute Gasteiger partial charge is 0.187 e. The van der Waals surface area contributed by atoms with Gasteiger partial charge in [-0.3, -0.25) is 5.43 Å². The molecule has 0 aromatic carbocycles. The zero-order chi connectivity index (χ0) is 14.7. The summed E-state index contributed by atoms with van der Waals surface area (Å²) >= 11 is 5.26. The molecule has 0 bridgehead atoms. The molecule has 0 radical (unpaired) electrons. The van der Waals surface area contributed by atoms with Gasteiger partial charge in [0.15, 0.2) is 5.11 Å². The van der Waals surface area contributed by atoms with Crippen molar-refractivity contribution in [3.05, 3.63) is 23.7 Å². The fourth-order valence-electron chi connectivity index (χ4n) is 2.97. The summed E-state index contributed by atoms with van der Waals surface area (Å²) in [5, 5.41) is 8.06. The van der Waals surface area contributed by atoms with E-state index in [0.717, 1.165) is 17.4 Å². The Labute approximate surface area is 131 Å². The molecule has 3 rings (SSSR count). The summed E-state index contributed by atoms with van der Waals surface area (Å²) in [5.74, 6) is 3.21. The second-order valence-corrected chi connectivity index (χ2v) is 6.65. The first-order valence-corrected chi connectivity index (χ1v) is 8.32. The summed E-state index contributed by atoms with van der Waals surface area (Å²) in [6.45, 7) is 2.25. The molecule has 1 heterocycles. The van der Waals surface area contributed by atoms with Gasteiger partial charge in [-0.1, -0.05) is 26.2 Å². The van der Waals surface area contributed by atoms with Crippen LogP contribution in [0.3, 0.4) is 0 Å². The number of furan rings is 1. The molecule has 21 heavy (non-hydrogen) atoms. The van der Waals surface area contributed by atoms with Crippen molar-refractivity contribution >= 4 is 23.5 Å². The Hall–Kier alpha value is -1.36. The molecule has 1 aromatic heterocycles. The molecular weight excluding hydrogens is 282 g/mol. The highest BCUT2D eigenvalue weighted by atomic mass is 32.1. The first-order chi connectivity index (χ1) is 10.2. The third kappa shape index (κ3) is 4.06. The number of rotatable bonds is 4. The Kier molecular flexibility index (Phi) is 4.58. The molecule has 0 saturated heterocycles. The SMILES string of the molecule is C[C@H]1C[C@@H]1c1ccc(/C=N\NC(=S)NC2CCCCC2)o1. The van der Waals surface area contributed by atoms with Gasteiger partial charge in [-0.05, 0) is 49.5 Å². The van der Waals surface area contributed by atoms with E-state index in [1.54, 1.807) is 6.21 Å². The molecule has 2 fully saturated rings. The lowest BCUT2D eigenvalue weighted by molar-refractivity contribution is 0.412. The van der Waals surface area contributed by atoms with Crippen LogP contribution in [0, 0.1) is 5.92 Å². The van der Waals surface area contributed by atoms with Crippen molar-refractivity contribution in [2.45, 2.75) is 57.4 Å². The summed E-state index contributed by atoms with van der Waals surface area (Å²) in [5.41, 5.74) is 2.87. The highest BCUT2D eigenvalue weighted by Crippen LogP contribution is 2.47. The average molecular weight is 305 g/mol. The van der Waals surface area contributed by atoms with Crippen LogP contribution in [0.2, 0.25) is 0 Å². The minimum atomic E-state index is 0.500. The molecule has 1 aromatic rings. The lowest BCUT2D eigenvalue weighted by atomic mass is 9.96. The molecule has 114 valence electrons. The van der Waals surface area contributed by atoms with E-state index in [2.05, 4.69) is 22.8 Å². The van der Waals surface area contributed by atoms with Gasteiger partial charge in [0.05, 0.1) is 6.21 Å². The van der Waals surface area contributed by atoms with Gasteiger partial charge < -0.3 is 9.73 Å². The van der Waals surface area contributed by atoms with Crippen LogP contribution >= 0.6 is 12.2 Å². The molecule has 2 atom stereocenters. The van der Waals surface area contributed by atoms with Crippen LogP contribution in [0.4, 0.5) is 0 Å². The van der Waals surface area contributed by atoms with Crippen molar-refractivity contribution in [3.8, 4) is 0 Å². The second-order valence-electron chi connectivity index (χ2n) is 6.24. The van der Waals surface area contributed by atoms with Gasteiger partial charge in [-0.2, -0.15) is 5.10 Å². The van der Waals surface area contributed by atoms with Gasteiger partial charge >= 0.3 is 0 Å². The van der Waals surface area contributed by atoms with Crippen molar-refractivity contribution in [3.63, 3.8) is 0 Å². The van der Waals surface area contributed by atoms with Crippen LogP contribution < -0.4 is 10.7 Å². The molecule has 5 heteroatoms. The molecule has 2 N–H and O–H groups in total. The number of thiocarbonyl (C=S) groups is 1. The third-order valence-corrected chi connectivity index (χ3v) is 4.63. The molecule has 0 amide bonds. The van der Waals surface area contributed by atoms with E-state index in [1.165, 1.54) is 38.5 Å². The Bertz CT molecular complexity index is 519. The maximum absolute atomic E-state index is 5.76. The third-order valence-electron chi connectivity index (χ3n) is 4.42. The summed E-state index contributed by atoms with van der Waals surface area (Å²) in [7, 11) is 0. The normalized spacial score (nSPS) is 26.0. The minimum absolute atomic E-state index is 0.500. The zero-order valence-corrected chi connectivity index (χ0v) is 13.3. The topological polar surface area (TPSA) is 49.6 Å². The monoisotopic (exact) mass is 305 g/mol. The number of hydrogen-bond acceptors (Lipinski definition) is 3. The van der Waals surface area contributed by atoms with E-state index >= 15 is 0 Å². The fraction of sp³-hybridized carbons (Fsp3) is 0.625. The van der Waals surface area contributed by atoms with Gasteiger partial charge in [0.2, 0.25) is 0 Å². The van der Waals surface area contributed by atoms with Gasteiger partial charge in [-0.15, -0.1) is 0 Å². The van der Waals surface area contributed by atoms with E-state index in [-0.39, 0.29) is 0 Å². The predicted octanol–water partition coefficient (Wildman–Crippen LogP) is 3.53. The Balaban J connectivity index is 1.43. The number of nitrogens with one attached hydrogen (secondary N) is 2. The molecule has 0 spiro atoms. The maximum atomic E-state index is 5.76. The Morgan fingerprint density at radius 3 is 2.81 bits per heavy atom. The van der Waals surface area contributed by atoms with Crippen molar-refractivity contribution in [2.75, 3.05) is 0 Å². The largest absolute Gasteiger partial charge is 0.460 e. The molecular formula is C16H23N3OS. The molecule has 0 aliphatic heterocycles. The molecule has 2 saturated carbocycles. The summed E-state index contributed by atoms with van der Waals surface area (Å²) in [4.78, 5) is 0. The number of nitrogens with zero attached hydrogens (tertiary/aromatic N) is 1. The molecule has 2 aliphatic rings. The first kappa shape index (κ1) is 14.6. The standard InChI is InChI=1S/C16H23N3OS/c1-11-9-14(11)15-8-7-13(20-15)10-17-19-16(21)18-12-5-3-2-4-6-12/h7-8,10-12,14H,2-6,9H2,1H3,(H2,18,19,21)/b17-10-/t11-,14-/m0/s1. The van der Waals surface area contributed by atoms with Crippen LogP contribution in [0.1, 0.15) is 62.9 Å². The first-order valence-electron chi connectivity index (χ1n) is 7.91. The predicted molar refractivity (Wildman–Crippen MR) is 88.6 cm³/mol. The van der Waals surface area contributed by atoms with E-state index < -0.39 is 0 Å². The Morgan fingerprint density at radius 2 is 2.10 bits per heavy atom. The van der Waals surface area contributed by atoms with Crippen LogP contribution in [-0.2, 0) is 0 Å². The lowest BCUT2D eigenvalue weighted by Crippen LogP contribution is -2.40. The van der Waals surface area contributed by atoms with Gasteiger partial charge in [0.25, 0.3) is 0 Å². The Morgan fingerprint density at radius 1 is 1.33 bits per heavy atom. The van der Waals surface area contributed by atoms with Crippen molar-refractivity contribution in [1.82, 2.24) is 10.7 Å². The highest BCUT2D eigenvalue weighted by Gasteiger charge is 2.36. The van der Waals surface area contributed by atoms with Gasteiger partial charge in [0.1, 0.15) is 11.5 Å². The van der Waals surface area contributed by atoms with E-state index in [1.807, 2.05) is 12.1 Å². The van der Waals surface area contributed by atoms with Gasteiger partial charge in [0, 0.05) is 12.0 Å². The van der Waals surface area contributed by atoms with Crippen LogP contribution in [0.15, 0.2) is 21.7 Å². The number of hydrazone groups is 1. The number of hydrogen-bond donors (Lipinski definition) is 2. The average Bonchev–Trinajstić information content (AvgIpc) is 3.02. The lowest BCUT2D eigenvalue weighted by Gasteiger charge is -2.23. The van der Waals surface area contributed by atoms with Gasteiger partial charge in [-0.25, -0.2) is 0 Å². The zero-order valence-electron chi connectivity index (χ0n) is 12.5. The van der Waals surface area contributed by atoms with Crippen LogP contribution in [0.25, 0.3) is 0 Å². The summed E-state index contributed by atoms with van der Waals surface area (Å²) < 4.78 is 5.76. The molecule has 0 unspecified atom stereocenters. The minimum Gasteiger partial charge on any atom is -0.460 e.